The number of carboxylic acid groups (broad SMARTS) is 1. The molecular weight excluding hydrogens is 324 g/mol. The highest BCUT2D eigenvalue weighted by atomic mass is 35.5. The maximum Gasteiger partial charge on any atom is 0.336 e. The minimum absolute atomic E-state index is 0.139. The molecule has 22 heavy (non-hydrogen) atoms. The van der Waals surface area contributed by atoms with Crippen molar-refractivity contribution in [3.8, 4) is 0 Å². The number of hydrogen-bond donors (Lipinski definition) is 1. The summed E-state index contributed by atoms with van der Waals surface area (Å²) in [6.07, 6.45) is 0. The van der Waals surface area contributed by atoms with Gasteiger partial charge in [-0.05, 0) is 24.3 Å². The lowest BCUT2D eigenvalue weighted by Gasteiger charge is -2.11. The SMILES string of the molecule is CC(=O)OCc1ccccc1Sc1ccc(Cl)cc1C(=O)O. The van der Waals surface area contributed by atoms with E-state index in [2.05, 4.69) is 0 Å². The molecule has 0 fully saturated rings. The lowest BCUT2D eigenvalue weighted by atomic mass is 10.2. The van der Waals surface area contributed by atoms with Gasteiger partial charge in [-0.2, -0.15) is 0 Å². The zero-order valence-corrected chi connectivity index (χ0v) is 13.3. The van der Waals surface area contributed by atoms with Gasteiger partial charge in [0.25, 0.3) is 0 Å². The van der Waals surface area contributed by atoms with E-state index in [1.165, 1.54) is 24.8 Å². The van der Waals surface area contributed by atoms with Crippen molar-refractivity contribution < 1.29 is 19.4 Å². The Morgan fingerprint density at radius 3 is 2.59 bits per heavy atom. The molecule has 1 N–H and O–H groups in total. The lowest BCUT2D eigenvalue weighted by molar-refractivity contribution is -0.142. The van der Waals surface area contributed by atoms with E-state index in [0.29, 0.717) is 9.92 Å². The van der Waals surface area contributed by atoms with Gasteiger partial charge in [0.05, 0.1) is 5.56 Å². The first-order valence-corrected chi connectivity index (χ1v) is 7.59. The van der Waals surface area contributed by atoms with Crippen LogP contribution in [0.15, 0.2) is 52.3 Å². The number of hydrogen-bond acceptors (Lipinski definition) is 4. The fourth-order valence-corrected chi connectivity index (χ4v) is 2.98. The number of benzene rings is 2. The second-order valence-corrected chi connectivity index (χ2v) is 5.96. The van der Waals surface area contributed by atoms with Crippen molar-refractivity contribution in [2.75, 3.05) is 0 Å². The number of esters is 1. The highest BCUT2D eigenvalue weighted by Gasteiger charge is 2.14. The van der Waals surface area contributed by atoms with Crippen LogP contribution in [0.5, 0.6) is 0 Å². The van der Waals surface area contributed by atoms with E-state index in [1.807, 2.05) is 24.3 Å². The van der Waals surface area contributed by atoms with Crippen LogP contribution in [0.1, 0.15) is 22.8 Å². The Morgan fingerprint density at radius 2 is 1.91 bits per heavy atom. The molecule has 0 saturated heterocycles. The first kappa shape index (κ1) is 16.4. The minimum Gasteiger partial charge on any atom is -0.478 e. The fraction of sp³-hybridized carbons (Fsp3) is 0.125. The smallest absolute Gasteiger partial charge is 0.336 e. The molecule has 0 spiro atoms. The first-order valence-electron chi connectivity index (χ1n) is 6.39. The van der Waals surface area contributed by atoms with E-state index in [-0.39, 0.29) is 18.1 Å². The van der Waals surface area contributed by atoms with Gasteiger partial charge in [0.15, 0.2) is 0 Å². The Balaban J connectivity index is 2.31. The molecule has 2 aromatic rings. The van der Waals surface area contributed by atoms with Gasteiger partial charge in [-0.3, -0.25) is 4.79 Å². The van der Waals surface area contributed by atoms with Crippen LogP contribution in [-0.2, 0) is 16.1 Å². The molecule has 114 valence electrons. The summed E-state index contributed by atoms with van der Waals surface area (Å²) in [4.78, 5) is 23.7. The third-order valence-electron chi connectivity index (χ3n) is 2.80. The number of carbonyl (C=O) groups is 2. The van der Waals surface area contributed by atoms with E-state index in [1.54, 1.807) is 12.1 Å². The van der Waals surface area contributed by atoms with Crippen molar-refractivity contribution in [2.45, 2.75) is 23.3 Å². The van der Waals surface area contributed by atoms with Crippen LogP contribution >= 0.6 is 23.4 Å². The molecule has 0 aromatic heterocycles. The van der Waals surface area contributed by atoms with Gasteiger partial charge >= 0.3 is 11.9 Å². The molecule has 0 aliphatic carbocycles. The van der Waals surface area contributed by atoms with Crippen LogP contribution in [0.25, 0.3) is 0 Å². The second kappa shape index (κ2) is 7.33. The molecule has 2 rings (SSSR count). The summed E-state index contributed by atoms with van der Waals surface area (Å²) >= 11 is 7.15. The van der Waals surface area contributed by atoms with Crippen molar-refractivity contribution in [1.29, 1.82) is 0 Å². The normalized spacial score (nSPS) is 10.3. The number of carboxylic acids is 1. The third kappa shape index (κ3) is 4.26. The quantitative estimate of drug-likeness (QED) is 0.827. The number of carbonyl (C=O) groups excluding carboxylic acids is 1. The first-order chi connectivity index (χ1) is 10.5. The summed E-state index contributed by atoms with van der Waals surface area (Å²) in [5.74, 6) is -1.40. The number of rotatable bonds is 5. The maximum absolute atomic E-state index is 11.3. The van der Waals surface area contributed by atoms with Gasteiger partial charge in [-0.15, -0.1) is 0 Å². The van der Waals surface area contributed by atoms with Gasteiger partial charge in [0.2, 0.25) is 0 Å². The van der Waals surface area contributed by atoms with Gasteiger partial charge < -0.3 is 9.84 Å². The summed E-state index contributed by atoms with van der Waals surface area (Å²) in [6.45, 7) is 1.49. The highest BCUT2D eigenvalue weighted by molar-refractivity contribution is 7.99. The molecule has 0 atom stereocenters. The van der Waals surface area contributed by atoms with Crippen molar-refractivity contribution in [3.63, 3.8) is 0 Å². The predicted molar refractivity (Wildman–Crippen MR) is 84.4 cm³/mol. The number of aromatic carboxylic acids is 1. The highest BCUT2D eigenvalue weighted by Crippen LogP contribution is 2.34. The molecule has 2 aromatic carbocycles. The van der Waals surface area contributed by atoms with Crippen LogP contribution in [0.4, 0.5) is 0 Å². The third-order valence-corrected chi connectivity index (χ3v) is 4.22. The van der Waals surface area contributed by atoms with Crippen LogP contribution in [0.2, 0.25) is 5.02 Å². The van der Waals surface area contributed by atoms with E-state index in [0.717, 1.165) is 10.5 Å². The van der Waals surface area contributed by atoms with Gasteiger partial charge in [0.1, 0.15) is 6.61 Å². The van der Waals surface area contributed by atoms with E-state index in [9.17, 15) is 14.7 Å². The fourth-order valence-electron chi connectivity index (χ4n) is 1.78. The van der Waals surface area contributed by atoms with Crippen LogP contribution in [0, 0.1) is 0 Å². The number of halogens is 1. The minimum atomic E-state index is -1.04. The molecule has 0 saturated carbocycles. The Hall–Kier alpha value is -1.98. The monoisotopic (exact) mass is 336 g/mol. The molecular formula is C16H13ClO4S. The molecule has 0 amide bonds. The molecule has 0 radical (unpaired) electrons. The van der Waals surface area contributed by atoms with Crippen molar-refractivity contribution in [1.82, 2.24) is 0 Å². The zero-order valence-electron chi connectivity index (χ0n) is 11.7. The van der Waals surface area contributed by atoms with Gasteiger partial charge in [0, 0.05) is 27.3 Å². The summed E-state index contributed by atoms with van der Waals surface area (Å²) < 4.78 is 5.01. The summed E-state index contributed by atoms with van der Waals surface area (Å²) in [5.41, 5.74) is 0.953. The van der Waals surface area contributed by atoms with Crippen LogP contribution in [-0.4, -0.2) is 17.0 Å². The molecule has 0 heterocycles. The van der Waals surface area contributed by atoms with Crippen LogP contribution in [0.3, 0.4) is 0 Å². The second-order valence-electron chi connectivity index (χ2n) is 4.44. The topological polar surface area (TPSA) is 63.6 Å². The average molecular weight is 337 g/mol. The average Bonchev–Trinajstić information content (AvgIpc) is 2.48. The van der Waals surface area contributed by atoms with Crippen molar-refractivity contribution in [2.24, 2.45) is 0 Å². The van der Waals surface area contributed by atoms with Crippen molar-refractivity contribution >= 4 is 35.3 Å². The lowest BCUT2D eigenvalue weighted by Crippen LogP contribution is -2.01. The van der Waals surface area contributed by atoms with E-state index in [4.69, 9.17) is 16.3 Å². The zero-order chi connectivity index (χ0) is 16.1. The van der Waals surface area contributed by atoms with Crippen molar-refractivity contribution in [3.05, 3.63) is 58.6 Å². The summed E-state index contributed by atoms with van der Waals surface area (Å²) in [6, 6.07) is 12.1. The largest absolute Gasteiger partial charge is 0.478 e. The summed E-state index contributed by atoms with van der Waals surface area (Å²) in [7, 11) is 0. The van der Waals surface area contributed by atoms with Gasteiger partial charge in [-0.1, -0.05) is 41.6 Å². The Morgan fingerprint density at radius 1 is 1.18 bits per heavy atom. The molecule has 0 unspecified atom stereocenters. The number of ether oxygens (including phenoxy) is 1. The standard InChI is InChI=1S/C16H13ClO4S/c1-10(18)21-9-11-4-2-3-5-14(11)22-15-7-6-12(17)8-13(15)16(19)20/h2-8H,9H2,1H3,(H,19,20). The molecule has 6 heteroatoms. The Kier molecular flexibility index (Phi) is 5.46. The summed E-state index contributed by atoms with van der Waals surface area (Å²) in [5, 5.41) is 9.64. The Bertz CT molecular complexity index is 715. The van der Waals surface area contributed by atoms with E-state index < -0.39 is 5.97 Å². The molecule has 0 aliphatic heterocycles. The molecule has 0 bridgehead atoms. The molecule has 0 aliphatic rings. The van der Waals surface area contributed by atoms with E-state index >= 15 is 0 Å². The molecule has 4 nitrogen and oxygen atoms in total. The maximum atomic E-state index is 11.3. The predicted octanol–water partition coefficient (Wildman–Crippen LogP) is 4.25. The Labute approximate surface area is 137 Å². The van der Waals surface area contributed by atoms with Crippen LogP contribution < -0.4 is 0 Å². The van der Waals surface area contributed by atoms with Gasteiger partial charge in [-0.25, -0.2) is 4.79 Å².